The fourth-order valence-electron chi connectivity index (χ4n) is 3.08. The van der Waals surface area contributed by atoms with Gasteiger partial charge in [0.2, 0.25) is 5.91 Å². The average Bonchev–Trinajstić information content (AvgIpc) is 2.95. The number of thioether (sulfide) groups is 1. The lowest BCUT2D eigenvalue weighted by Gasteiger charge is -2.26. The van der Waals surface area contributed by atoms with Crippen molar-refractivity contribution in [3.8, 4) is 0 Å². The Morgan fingerprint density at radius 3 is 2.07 bits per heavy atom. The first kappa shape index (κ1) is 21.0. The van der Waals surface area contributed by atoms with Crippen LogP contribution in [0, 0.1) is 0 Å². The molecule has 2 heterocycles. The number of hydrogen-bond donors (Lipinski definition) is 0. The van der Waals surface area contributed by atoms with Crippen LogP contribution in [-0.4, -0.2) is 42.3 Å². The van der Waals surface area contributed by atoms with Crippen molar-refractivity contribution < 1.29 is 39.6 Å². The molecule has 2 unspecified atom stereocenters. The zero-order chi connectivity index (χ0) is 21.1. The molecule has 28 heavy (non-hydrogen) atoms. The maximum atomic E-state index is 13.2. The van der Waals surface area contributed by atoms with Gasteiger partial charge in [0.1, 0.15) is 0 Å². The molecule has 0 spiro atoms. The summed E-state index contributed by atoms with van der Waals surface area (Å²) in [6.07, 6.45) is -10.1. The van der Waals surface area contributed by atoms with E-state index in [0.29, 0.717) is 12.1 Å². The van der Waals surface area contributed by atoms with Crippen molar-refractivity contribution in [2.24, 2.45) is 4.99 Å². The van der Waals surface area contributed by atoms with Gasteiger partial charge in [0, 0.05) is 17.9 Å². The molecule has 0 aliphatic carbocycles. The Kier molecular flexibility index (Phi) is 4.97. The number of aliphatic imine (C=N–C) groups is 1. The topological polar surface area (TPSA) is 66.8 Å². The van der Waals surface area contributed by atoms with Crippen molar-refractivity contribution in [1.82, 2.24) is 0 Å². The fraction of sp³-hybridized carbons (Fsp3) is 0.467. The van der Waals surface area contributed by atoms with Crippen LogP contribution in [0.3, 0.4) is 0 Å². The van der Waals surface area contributed by atoms with Gasteiger partial charge < -0.3 is 4.90 Å². The smallest absolute Gasteiger partial charge is 0.316 e. The Labute approximate surface area is 159 Å². The molecule has 154 valence electrons. The van der Waals surface area contributed by atoms with Gasteiger partial charge in [-0.05, 0) is 18.2 Å². The number of nitrogens with zero attached hydrogens (tertiary/aromatic N) is 2. The third kappa shape index (κ3) is 4.14. The van der Waals surface area contributed by atoms with E-state index in [-0.39, 0.29) is 17.0 Å². The van der Waals surface area contributed by atoms with Crippen molar-refractivity contribution in [2.45, 2.75) is 30.6 Å². The van der Waals surface area contributed by atoms with E-state index in [2.05, 4.69) is 4.99 Å². The monoisotopic (exact) mass is 446 g/mol. The Hall–Kier alpha value is -1.76. The first-order valence-electron chi connectivity index (χ1n) is 7.72. The van der Waals surface area contributed by atoms with E-state index in [9.17, 15) is 39.6 Å². The number of hydrogen-bond acceptors (Lipinski definition) is 4. The minimum atomic E-state index is -5.05. The SMILES string of the molecule is CC(=O)N=C1SC2CS(=O)(=O)CC2N1c1cc(C(F)(F)F)cc(C(F)(F)F)c1. The number of fused-ring (bicyclic) bond motifs is 1. The summed E-state index contributed by atoms with van der Waals surface area (Å²) in [5, 5.41) is -0.767. The highest BCUT2D eigenvalue weighted by Crippen LogP contribution is 2.44. The van der Waals surface area contributed by atoms with Crippen molar-refractivity contribution in [3.05, 3.63) is 29.3 Å². The molecule has 0 saturated carbocycles. The number of carbonyl (C=O) groups excluding carboxylic acids is 1. The van der Waals surface area contributed by atoms with E-state index in [4.69, 9.17) is 0 Å². The normalized spacial score (nSPS) is 26.0. The number of amidine groups is 1. The molecule has 0 bridgehead atoms. The van der Waals surface area contributed by atoms with Crippen LogP contribution in [0.2, 0.25) is 0 Å². The average molecular weight is 446 g/mol. The molecule has 1 amide bonds. The van der Waals surface area contributed by atoms with Crippen LogP contribution in [0.5, 0.6) is 0 Å². The highest BCUT2D eigenvalue weighted by molar-refractivity contribution is 8.16. The van der Waals surface area contributed by atoms with Crippen LogP contribution in [0.1, 0.15) is 18.1 Å². The maximum absolute atomic E-state index is 13.2. The van der Waals surface area contributed by atoms with Gasteiger partial charge in [0.25, 0.3) is 0 Å². The lowest BCUT2D eigenvalue weighted by atomic mass is 10.1. The number of carbonyl (C=O) groups is 1. The molecule has 5 nitrogen and oxygen atoms in total. The second-order valence-corrected chi connectivity index (χ2v) is 9.71. The Balaban J connectivity index is 2.19. The van der Waals surface area contributed by atoms with Gasteiger partial charge in [-0.3, -0.25) is 4.79 Å². The van der Waals surface area contributed by atoms with Gasteiger partial charge in [-0.15, -0.1) is 0 Å². The number of anilines is 1. The maximum Gasteiger partial charge on any atom is 0.416 e. The first-order chi connectivity index (χ1) is 12.7. The molecule has 0 aromatic heterocycles. The highest BCUT2D eigenvalue weighted by atomic mass is 32.2. The van der Waals surface area contributed by atoms with E-state index in [1.54, 1.807) is 0 Å². The van der Waals surface area contributed by atoms with Crippen LogP contribution in [-0.2, 0) is 27.0 Å². The van der Waals surface area contributed by atoms with Gasteiger partial charge in [0.05, 0.1) is 28.7 Å². The molecule has 2 aliphatic rings. The molecule has 2 fully saturated rings. The van der Waals surface area contributed by atoms with Crippen LogP contribution in [0.25, 0.3) is 0 Å². The fourth-order valence-corrected chi connectivity index (χ4v) is 7.04. The Bertz CT molecular complexity index is 923. The van der Waals surface area contributed by atoms with Crippen LogP contribution >= 0.6 is 11.8 Å². The minimum Gasteiger partial charge on any atom is -0.316 e. The van der Waals surface area contributed by atoms with Crippen molar-refractivity contribution in [3.63, 3.8) is 0 Å². The van der Waals surface area contributed by atoms with Gasteiger partial charge in [-0.2, -0.15) is 31.3 Å². The van der Waals surface area contributed by atoms with Crippen molar-refractivity contribution in [2.75, 3.05) is 16.4 Å². The second-order valence-electron chi connectivity index (χ2n) is 6.35. The number of sulfone groups is 1. The predicted octanol–water partition coefficient (Wildman–Crippen LogP) is 3.35. The summed E-state index contributed by atoms with van der Waals surface area (Å²) in [6, 6.07) is 0.0623. The van der Waals surface area contributed by atoms with E-state index in [0.717, 1.165) is 23.6 Å². The molecule has 1 aromatic rings. The van der Waals surface area contributed by atoms with Crippen molar-refractivity contribution in [1.29, 1.82) is 0 Å². The number of amides is 1. The van der Waals surface area contributed by atoms with Crippen LogP contribution < -0.4 is 4.90 Å². The molecular formula is C15H12F6N2O3S2. The van der Waals surface area contributed by atoms with Crippen LogP contribution in [0.15, 0.2) is 23.2 Å². The van der Waals surface area contributed by atoms with E-state index < -0.39 is 62.0 Å². The van der Waals surface area contributed by atoms with E-state index in [1.165, 1.54) is 0 Å². The Morgan fingerprint density at radius 1 is 1.07 bits per heavy atom. The summed E-state index contributed by atoms with van der Waals surface area (Å²) in [7, 11) is -3.52. The number of rotatable bonds is 1. The van der Waals surface area contributed by atoms with Gasteiger partial charge >= 0.3 is 12.4 Å². The summed E-state index contributed by atoms with van der Waals surface area (Å²) in [4.78, 5) is 16.0. The summed E-state index contributed by atoms with van der Waals surface area (Å²) < 4.78 is 103. The standard InChI is InChI=1S/C15H12F6N2O3S2/c1-7(24)22-13-23(11-5-28(25,26)6-12(11)27-13)10-3-8(14(16,17)18)2-9(4-10)15(19,20)21/h2-4,11-12H,5-6H2,1H3. The molecule has 3 rings (SSSR count). The zero-order valence-electron chi connectivity index (χ0n) is 14.0. The third-order valence-electron chi connectivity index (χ3n) is 4.17. The second kappa shape index (κ2) is 6.65. The summed E-state index contributed by atoms with van der Waals surface area (Å²) in [6.45, 7) is 1.07. The number of halogens is 6. The van der Waals surface area contributed by atoms with Crippen LogP contribution in [0.4, 0.5) is 32.0 Å². The third-order valence-corrected chi connectivity index (χ3v) is 7.38. The molecular weight excluding hydrogens is 434 g/mol. The predicted molar refractivity (Wildman–Crippen MR) is 90.9 cm³/mol. The summed E-state index contributed by atoms with van der Waals surface area (Å²) in [5.41, 5.74) is -3.58. The molecule has 2 aliphatic heterocycles. The van der Waals surface area contributed by atoms with E-state index >= 15 is 0 Å². The molecule has 2 saturated heterocycles. The molecule has 1 aromatic carbocycles. The summed E-state index contributed by atoms with van der Waals surface area (Å²) in [5.74, 6) is -1.47. The molecule has 2 atom stereocenters. The molecule has 13 heteroatoms. The summed E-state index contributed by atoms with van der Waals surface area (Å²) >= 11 is 0.855. The van der Waals surface area contributed by atoms with Crippen molar-refractivity contribution >= 4 is 38.4 Å². The quantitative estimate of drug-likeness (QED) is 0.619. The highest BCUT2D eigenvalue weighted by Gasteiger charge is 2.50. The first-order valence-corrected chi connectivity index (χ1v) is 10.4. The lowest BCUT2D eigenvalue weighted by Crippen LogP contribution is -2.38. The molecule has 0 radical (unpaired) electrons. The van der Waals surface area contributed by atoms with Gasteiger partial charge in [-0.25, -0.2) is 8.42 Å². The zero-order valence-corrected chi connectivity index (χ0v) is 15.6. The minimum absolute atomic E-state index is 0.0165. The molecule has 0 N–H and O–H groups in total. The largest absolute Gasteiger partial charge is 0.416 e. The number of benzene rings is 1. The van der Waals surface area contributed by atoms with Gasteiger partial charge in [0.15, 0.2) is 15.0 Å². The number of alkyl halides is 6. The Morgan fingerprint density at radius 2 is 1.61 bits per heavy atom. The van der Waals surface area contributed by atoms with E-state index in [1.807, 2.05) is 0 Å². The van der Waals surface area contributed by atoms with Gasteiger partial charge in [-0.1, -0.05) is 11.8 Å². The lowest BCUT2D eigenvalue weighted by molar-refractivity contribution is -0.143.